The Labute approximate surface area is 97.3 Å². The van der Waals surface area contributed by atoms with Crippen LogP contribution in [0.15, 0.2) is 18.2 Å². The van der Waals surface area contributed by atoms with Gasteiger partial charge in [0.2, 0.25) is 5.82 Å². The van der Waals surface area contributed by atoms with Crippen molar-refractivity contribution in [1.82, 2.24) is 0 Å². The number of esters is 1. The normalized spacial score (nSPS) is 10.4. The molecule has 17 heavy (non-hydrogen) atoms. The summed E-state index contributed by atoms with van der Waals surface area (Å²) in [5.41, 5.74) is -1.21. The van der Waals surface area contributed by atoms with Gasteiger partial charge in [0, 0.05) is 0 Å². The lowest BCUT2D eigenvalue weighted by atomic mass is 10.1. The average molecular weight is 241 g/mol. The molecule has 5 nitrogen and oxygen atoms in total. The highest BCUT2D eigenvalue weighted by molar-refractivity contribution is 5.93. The minimum Gasteiger partial charge on any atom is -0.462 e. The van der Waals surface area contributed by atoms with E-state index in [1.807, 2.05) is 13.8 Å². The van der Waals surface area contributed by atoms with Gasteiger partial charge in [0.15, 0.2) is 0 Å². The summed E-state index contributed by atoms with van der Waals surface area (Å²) in [6.07, 6.45) is 0. The SMILES string of the molecule is CC(C)COC(=O)c1cccc(F)c1[N+](=O)[O-]. The second-order valence-corrected chi connectivity index (χ2v) is 3.89. The number of rotatable bonds is 4. The highest BCUT2D eigenvalue weighted by Gasteiger charge is 2.25. The first-order chi connectivity index (χ1) is 7.93. The minimum atomic E-state index is -1.05. The Balaban J connectivity index is 3.01. The van der Waals surface area contributed by atoms with Crippen LogP contribution in [0.3, 0.4) is 0 Å². The van der Waals surface area contributed by atoms with Crippen molar-refractivity contribution in [3.05, 3.63) is 39.7 Å². The Morgan fingerprint density at radius 2 is 2.18 bits per heavy atom. The summed E-state index contributed by atoms with van der Waals surface area (Å²) in [6, 6.07) is 3.33. The van der Waals surface area contributed by atoms with Crippen molar-refractivity contribution in [2.75, 3.05) is 6.61 Å². The highest BCUT2D eigenvalue weighted by Crippen LogP contribution is 2.23. The van der Waals surface area contributed by atoms with Gasteiger partial charge < -0.3 is 4.74 Å². The van der Waals surface area contributed by atoms with E-state index in [1.165, 1.54) is 12.1 Å². The van der Waals surface area contributed by atoms with Crippen molar-refractivity contribution in [2.45, 2.75) is 13.8 Å². The fourth-order valence-corrected chi connectivity index (χ4v) is 1.19. The molecule has 0 unspecified atom stereocenters. The molecule has 0 saturated carbocycles. The molecule has 0 spiro atoms. The summed E-state index contributed by atoms with van der Waals surface area (Å²) in [4.78, 5) is 21.2. The minimum absolute atomic E-state index is 0.103. The molecule has 6 heteroatoms. The van der Waals surface area contributed by atoms with Crippen LogP contribution in [0.25, 0.3) is 0 Å². The van der Waals surface area contributed by atoms with Crippen molar-refractivity contribution < 1.29 is 18.8 Å². The zero-order valence-corrected chi connectivity index (χ0v) is 9.47. The highest BCUT2D eigenvalue weighted by atomic mass is 19.1. The van der Waals surface area contributed by atoms with Crippen LogP contribution in [0.5, 0.6) is 0 Å². The van der Waals surface area contributed by atoms with E-state index in [0.29, 0.717) is 0 Å². The first-order valence-electron chi connectivity index (χ1n) is 5.03. The van der Waals surface area contributed by atoms with Crippen molar-refractivity contribution >= 4 is 11.7 Å². The molecule has 0 radical (unpaired) electrons. The van der Waals surface area contributed by atoms with E-state index < -0.39 is 22.4 Å². The van der Waals surface area contributed by atoms with Gasteiger partial charge >= 0.3 is 11.7 Å². The zero-order chi connectivity index (χ0) is 13.0. The molecule has 0 heterocycles. The second-order valence-electron chi connectivity index (χ2n) is 3.89. The Hall–Kier alpha value is -1.98. The third-order valence-electron chi connectivity index (χ3n) is 1.94. The van der Waals surface area contributed by atoms with Gasteiger partial charge in [-0.3, -0.25) is 10.1 Å². The van der Waals surface area contributed by atoms with E-state index in [2.05, 4.69) is 0 Å². The molecule has 0 aliphatic rings. The predicted octanol–water partition coefficient (Wildman–Crippen LogP) is 2.55. The summed E-state index contributed by atoms with van der Waals surface area (Å²) in [5, 5.41) is 10.6. The molecule has 0 bridgehead atoms. The predicted molar refractivity (Wildman–Crippen MR) is 58.2 cm³/mol. The number of ether oxygens (including phenoxy) is 1. The van der Waals surface area contributed by atoms with E-state index in [1.54, 1.807) is 0 Å². The van der Waals surface area contributed by atoms with Crippen LogP contribution in [-0.4, -0.2) is 17.5 Å². The molecule has 0 fully saturated rings. The summed E-state index contributed by atoms with van der Waals surface area (Å²) in [6.45, 7) is 3.78. The number of hydrogen-bond acceptors (Lipinski definition) is 4. The molecule has 0 atom stereocenters. The summed E-state index contributed by atoms with van der Waals surface area (Å²) >= 11 is 0. The van der Waals surface area contributed by atoms with Gasteiger partial charge in [-0.05, 0) is 18.1 Å². The van der Waals surface area contributed by atoms with Crippen molar-refractivity contribution in [2.24, 2.45) is 5.92 Å². The van der Waals surface area contributed by atoms with Crippen LogP contribution in [0, 0.1) is 21.8 Å². The van der Waals surface area contributed by atoms with Crippen molar-refractivity contribution in [3.8, 4) is 0 Å². The Morgan fingerprint density at radius 1 is 1.53 bits per heavy atom. The topological polar surface area (TPSA) is 69.4 Å². The number of carbonyl (C=O) groups excluding carboxylic acids is 1. The Kier molecular flexibility index (Phi) is 4.14. The Bertz CT molecular complexity index is 445. The standard InChI is InChI=1S/C11H12FNO4/c1-7(2)6-17-11(14)8-4-3-5-9(12)10(8)13(15)16/h3-5,7H,6H2,1-2H3. The molecular weight excluding hydrogens is 229 g/mol. The van der Waals surface area contributed by atoms with E-state index in [-0.39, 0.29) is 18.1 Å². The average Bonchev–Trinajstić information content (AvgIpc) is 2.24. The maximum absolute atomic E-state index is 13.2. The smallest absolute Gasteiger partial charge is 0.345 e. The number of hydrogen-bond donors (Lipinski definition) is 0. The number of para-hydroxylation sites is 1. The molecule has 0 aromatic heterocycles. The first kappa shape index (κ1) is 13.1. The zero-order valence-electron chi connectivity index (χ0n) is 9.47. The molecular formula is C11H12FNO4. The van der Waals surface area contributed by atoms with Crippen molar-refractivity contribution in [1.29, 1.82) is 0 Å². The maximum Gasteiger partial charge on any atom is 0.345 e. The van der Waals surface area contributed by atoms with Crippen molar-refractivity contribution in [3.63, 3.8) is 0 Å². The quantitative estimate of drug-likeness (QED) is 0.461. The molecule has 1 aromatic rings. The number of nitro benzene ring substituents is 1. The molecule has 0 N–H and O–H groups in total. The molecule has 0 aliphatic heterocycles. The Morgan fingerprint density at radius 3 is 2.71 bits per heavy atom. The lowest BCUT2D eigenvalue weighted by Gasteiger charge is -2.07. The molecule has 92 valence electrons. The summed E-state index contributed by atoms with van der Waals surface area (Å²) in [5.74, 6) is -1.83. The molecule has 0 saturated heterocycles. The first-order valence-corrected chi connectivity index (χ1v) is 5.03. The van der Waals surface area contributed by atoms with Gasteiger partial charge in [-0.1, -0.05) is 19.9 Å². The van der Waals surface area contributed by atoms with Crippen LogP contribution in [0.4, 0.5) is 10.1 Å². The molecule has 1 rings (SSSR count). The van der Waals surface area contributed by atoms with Gasteiger partial charge in [-0.25, -0.2) is 4.79 Å². The second kappa shape index (κ2) is 5.38. The van der Waals surface area contributed by atoms with Crippen LogP contribution < -0.4 is 0 Å². The fraction of sp³-hybridized carbons (Fsp3) is 0.364. The van der Waals surface area contributed by atoms with E-state index >= 15 is 0 Å². The third kappa shape index (κ3) is 3.24. The van der Waals surface area contributed by atoms with E-state index in [9.17, 15) is 19.3 Å². The van der Waals surface area contributed by atoms with Crippen LogP contribution in [-0.2, 0) is 4.74 Å². The molecule has 1 aromatic carbocycles. The summed E-state index contributed by atoms with van der Waals surface area (Å²) < 4.78 is 18.0. The lowest BCUT2D eigenvalue weighted by molar-refractivity contribution is -0.387. The van der Waals surface area contributed by atoms with Gasteiger partial charge in [-0.15, -0.1) is 0 Å². The fourth-order valence-electron chi connectivity index (χ4n) is 1.19. The van der Waals surface area contributed by atoms with Crippen LogP contribution in [0.2, 0.25) is 0 Å². The maximum atomic E-state index is 13.2. The third-order valence-corrected chi connectivity index (χ3v) is 1.94. The van der Waals surface area contributed by atoms with E-state index in [0.717, 1.165) is 6.07 Å². The summed E-state index contributed by atoms with van der Waals surface area (Å²) in [7, 11) is 0. The van der Waals surface area contributed by atoms with Gasteiger partial charge in [0.25, 0.3) is 0 Å². The largest absolute Gasteiger partial charge is 0.462 e. The van der Waals surface area contributed by atoms with Gasteiger partial charge in [0.05, 0.1) is 11.5 Å². The van der Waals surface area contributed by atoms with Gasteiger partial charge in [-0.2, -0.15) is 4.39 Å². The van der Waals surface area contributed by atoms with Crippen LogP contribution in [0.1, 0.15) is 24.2 Å². The number of halogens is 1. The molecule has 0 aliphatic carbocycles. The number of benzene rings is 1. The lowest BCUT2D eigenvalue weighted by Crippen LogP contribution is -2.12. The number of nitrogens with zero attached hydrogens (tertiary/aromatic N) is 1. The van der Waals surface area contributed by atoms with Gasteiger partial charge in [0.1, 0.15) is 5.56 Å². The molecule has 0 amide bonds. The van der Waals surface area contributed by atoms with Crippen LogP contribution >= 0.6 is 0 Å². The number of carbonyl (C=O) groups is 1. The monoisotopic (exact) mass is 241 g/mol. The number of nitro groups is 1. The van der Waals surface area contributed by atoms with E-state index in [4.69, 9.17) is 4.74 Å².